The molecule has 5 heteroatoms. The number of ether oxygens (including phenoxy) is 1. The fourth-order valence-corrected chi connectivity index (χ4v) is 1.23. The summed E-state index contributed by atoms with van der Waals surface area (Å²) in [4.78, 5) is 9.82. The molecule has 0 aromatic rings. The van der Waals surface area contributed by atoms with Crippen LogP contribution in [-0.4, -0.2) is 18.5 Å². The number of halogens is 2. The first-order chi connectivity index (χ1) is 5.14. The number of hydrogen-bond acceptors (Lipinski definition) is 2. The van der Waals surface area contributed by atoms with E-state index in [4.69, 9.17) is 0 Å². The van der Waals surface area contributed by atoms with Gasteiger partial charge in [0.1, 0.15) is 6.10 Å². The molecule has 66 valence electrons. The molecule has 0 N–H and O–H groups in total. The predicted octanol–water partition coefficient (Wildman–Crippen LogP) is -1.15. The molecule has 0 amide bonds. The molecule has 1 aliphatic rings. The van der Waals surface area contributed by atoms with E-state index in [1.165, 1.54) is 0 Å². The third-order valence-electron chi connectivity index (χ3n) is 1.91. The van der Waals surface area contributed by atoms with Gasteiger partial charge in [-0.3, -0.25) is 4.79 Å². The Hall–Kier alpha value is -0.0726. The number of rotatable bonds is 2. The van der Waals surface area contributed by atoms with E-state index in [0.717, 1.165) is 0 Å². The van der Waals surface area contributed by atoms with Crippen molar-refractivity contribution in [3.8, 4) is 0 Å². The first-order valence-corrected chi connectivity index (χ1v) is 3.61. The van der Waals surface area contributed by atoms with Crippen molar-refractivity contribution in [2.45, 2.75) is 37.7 Å². The first-order valence-electron chi connectivity index (χ1n) is 3.61. The van der Waals surface area contributed by atoms with Gasteiger partial charge >= 0.3 is 18.9 Å². The Kier molecular flexibility index (Phi) is 4.80. The van der Waals surface area contributed by atoms with Crippen LogP contribution in [0.2, 0.25) is 0 Å². The van der Waals surface area contributed by atoms with Crippen molar-refractivity contribution >= 4 is 6.47 Å². The molecule has 2 nitrogen and oxygen atoms in total. The van der Waals surface area contributed by atoms with E-state index in [1.807, 2.05) is 0 Å². The van der Waals surface area contributed by atoms with E-state index in [0.29, 0.717) is 6.47 Å². The largest absolute Gasteiger partial charge is 1.00 e. The Morgan fingerprint density at radius 1 is 1.42 bits per heavy atom. The fourth-order valence-electron chi connectivity index (χ4n) is 1.23. The van der Waals surface area contributed by atoms with Crippen molar-refractivity contribution < 1.29 is 38.6 Å². The molecule has 0 spiro atoms. The van der Waals surface area contributed by atoms with Crippen molar-refractivity contribution in [1.82, 2.24) is 0 Å². The third-order valence-corrected chi connectivity index (χ3v) is 1.91. The SMILES string of the molecule is O=COC1CCC(F)(F)CC1.[H-].[Li+]. The minimum atomic E-state index is -2.54. The second-order valence-corrected chi connectivity index (χ2v) is 2.79. The van der Waals surface area contributed by atoms with Crippen molar-refractivity contribution in [1.29, 1.82) is 0 Å². The number of alkyl halides is 2. The van der Waals surface area contributed by atoms with Gasteiger partial charge in [-0.05, 0) is 12.8 Å². The zero-order chi connectivity index (χ0) is 8.32. The van der Waals surface area contributed by atoms with Crippen LogP contribution in [0.15, 0.2) is 0 Å². The van der Waals surface area contributed by atoms with Gasteiger partial charge in [0.25, 0.3) is 6.47 Å². The van der Waals surface area contributed by atoms with Crippen LogP contribution in [0.4, 0.5) is 8.78 Å². The number of carbonyl (C=O) groups is 1. The van der Waals surface area contributed by atoms with Gasteiger partial charge in [-0.15, -0.1) is 0 Å². The molecule has 1 saturated carbocycles. The molecule has 1 fully saturated rings. The van der Waals surface area contributed by atoms with Gasteiger partial charge in [0, 0.05) is 12.8 Å². The summed E-state index contributed by atoms with van der Waals surface area (Å²) in [6.07, 6.45) is -0.0405. The minimum Gasteiger partial charge on any atom is -1.00 e. The van der Waals surface area contributed by atoms with E-state index in [9.17, 15) is 13.6 Å². The van der Waals surface area contributed by atoms with Crippen LogP contribution < -0.4 is 18.9 Å². The van der Waals surface area contributed by atoms with Crippen molar-refractivity contribution in [3.63, 3.8) is 0 Å². The average molecular weight is 172 g/mol. The second-order valence-electron chi connectivity index (χ2n) is 2.79. The number of carbonyl (C=O) groups excluding carboxylic acids is 1. The van der Waals surface area contributed by atoms with Gasteiger partial charge < -0.3 is 6.16 Å². The zero-order valence-electron chi connectivity index (χ0n) is 8.06. The molecule has 0 aliphatic heterocycles. The van der Waals surface area contributed by atoms with Gasteiger partial charge in [0.2, 0.25) is 5.92 Å². The maximum Gasteiger partial charge on any atom is 1.00 e. The van der Waals surface area contributed by atoms with Crippen molar-refractivity contribution in [3.05, 3.63) is 0 Å². The van der Waals surface area contributed by atoms with E-state index in [-0.39, 0.29) is 52.1 Å². The Morgan fingerprint density at radius 3 is 2.33 bits per heavy atom. The summed E-state index contributed by atoms with van der Waals surface area (Å²) in [5.41, 5.74) is 0. The minimum absolute atomic E-state index is 0. The molecule has 0 radical (unpaired) electrons. The van der Waals surface area contributed by atoms with Gasteiger partial charge in [0.15, 0.2) is 0 Å². The maximum atomic E-state index is 12.5. The summed E-state index contributed by atoms with van der Waals surface area (Å²) in [5, 5.41) is 0. The normalized spacial score (nSPS) is 22.5. The summed E-state index contributed by atoms with van der Waals surface area (Å²) in [5.74, 6) is -2.54. The summed E-state index contributed by atoms with van der Waals surface area (Å²) in [7, 11) is 0. The molecule has 0 aromatic heterocycles. The predicted molar refractivity (Wildman–Crippen MR) is 35.5 cm³/mol. The molecule has 0 aromatic carbocycles. The smallest absolute Gasteiger partial charge is 1.00 e. The topological polar surface area (TPSA) is 26.3 Å². The first kappa shape index (κ1) is 11.9. The van der Waals surface area contributed by atoms with Gasteiger partial charge in [0.05, 0.1) is 0 Å². The fraction of sp³-hybridized carbons (Fsp3) is 0.857. The standard InChI is InChI=1S/C7H10F2O2.Li.H/c8-7(9)3-1-6(2-4-7)11-5-10;;/h5-6H,1-4H2;;/q;+1;-1. The maximum absolute atomic E-state index is 12.5. The third kappa shape index (κ3) is 3.55. The Morgan fingerprint density at radius 2 is 1.92 bits per heavy atom. The Labute approximate surface area is 83.3 Å². The summed E-state index contributed by atoms with van der Waals surface area (Å²) >= 11 is 0. The molecule has 0 saturated heterocycles. The Balaban J connectivity index is 0. The van der Waals surface area contributed by atoms with Crippen LogP contribution in [0.25, 0.3) is 0 Å². The van der Waals surface area contributed by atoms with E-state index >= 15 is 0 Å². The second kappa shape index (κ2) is 4.83. The zero-order valence-corrected chi connectivity index (χ0v) is 7.06. The van der Waals surface area contributed by atoms with E-state index < -0.39 is 5.92 Å². The van der Waals surface area contributed by atoms with Crippen LogP contribution in [0.3, 0.4) is 0 Å². The molecule has 1 aliphatic carbocycles. The molecule has 0 heterocycles. The van der Waals surface area contributed by atoms with Crippen molar-refractivity contribution in [2.75, 3.05) is 0 Å². The van der Waals surface area contributed by atoms with E-state index in [1.54, 1.807) is 0 Å². The van der Waals surface area contributed by atoms with Crippen LogP contribution >= 0.6 is 0 Å². The molecule has 0 bridgehead atoms. The van der Waals surface area contributed by atoms with Gasteiger partial charge in [-0.25, -0.2) is 8.78 Å². The summed E-state index contributed by atoms with van der Waals surface area (Å²) in [6.45, 7) is 0.328. The van der Waals surface area contributed by atoms with Crippen molar-refractivity contribution in [2.24, 2.45) is 0 Å². The number of hydrogen-bond donors (Lipinski definition) is 0. The molecule has 1 rings (SSSR count). The molecule has 12 heavy (non-hydrogen) atoms. The molecular formula is C7H11F2LiO2. The quantitative estimate of drug-likeness (QED) is 0.388. The van der Waals surface area contributed by atoms with Gasteiger partial charge in [-0.2, -0.15) is 0 Å². The summed E-state index contributed by atoms with van der Waals surface area (Å²) < 4.78 is 29.5. The van der Waals surface area contributed by atoms with E-state index in [2.05, 4.69) is 4.74 Å². The van der Waals surface area contributed by atoms with Crippen LogP contribution in [0, 0.1) is 0 Å². The summed E-state index contributed by atoms with van der Waals surface area (Å²) in [6, 6.07) is 0. The van der Waals surface area contributed by atoms with Crippen LogP contribution in [0.5, 0.6) is 0 Å². The van der Waals surface area contributed by atoms with Gasteiger partial charge in [-0.1, -0.05) is 0 Å². The van der Waals surface area contributed by atoms with Crippen LogP contribution in [-0.2, 0) is 9.53 Å². The van der Waals surface area contributed by atoms with Crippen LogP contribution in [0.1, 0.15) is 27.1 Å². The Bertz CT molecular complexity index is 147. The monoisotopic (exact) mass is 172 g/mol. The molecular weight excluding hydrogens is 161 g/mol. The molecule has 0 unspecified atom stereocenters. The average Bonchev–Trinajstić information content (AvgIpc) is 1.94. The molecule has 0 atom stereocenters.